The molecular formula is C12H17NO3. The van der Waals surface area contributed by atoms with E-state index in [1.54, 1.807) is 26.4 Å². The largest absolute Gasteiger partial charge is 0.493 e. The summed E-state index contributed by atoms with van der Waals surface area (Å²) >= 11 is 0. The van der Waals surface area contributed by atoms with Gasteiger partial charge in [-0.3, -0.25) is 4.79 Å². The number of methoxy groups -OCH3 is 2. The molecule has 0 saturated carbocycles. The molecule has 1 aromatic carbocycles. The summed E-state index contributed by atoms with van der Waals surface area (Å²) in [5.41, 5.74) is 6.84. The van der Waals surface area contributed by atoms with Crippen LogP contribution in [0.3, 0.4) is 0 Å². The molecule has 0 unspecified atom stereocenters. The molecule has 16 heavy (non-hydrogen) atoms. The topological polar surface area (TPSA) is 61.5 Å². The van der Waals surface area contributed by atoms with E-state index in [2.05, 4.69) is 0 Å². The van der Waals surface area contributed by atoms with E-state index in [1.165, 1.54) is 0 Å². The predicted molar refractivity (Wildman–Crippen MR) is 62.3 cm³/mol. The number of ether oxygens (including phenoxy) is 2. The Labute approximate surface area is 95.3 Å². The van der Waals surface area contributed by atoms with Gasteiger partial charge in [0.05, 0.1) is 14.2 Å². The standard InChI is InChI=1S/C12H17NO3/c1-8-6-9(10(14)4-5-13)7-11(15-2)12(8)16-3/h6-7H,4-5,13H2,1-3H3. The van der Waals surface area contributed by atoms with Crippen LogP contribution in [0.4, 0.5) is 0 Å². The second kappa shape index (κ2) is 5.51. The third-order valence-electron chi connectivity index (χ3n) is 2.36. The molecule has 0 atom stereocenters. The highest BCUT2D eigenvalue weighted by atomic mass is 16.5. The van der Waals surface area contributed by atoms with Gasteiger partial charge in [-0.05, 0) is 31.2 Å². The molecule has 0 aliphatic rings. The van der Waals surface area contributed by atoms with Gasteiger partial charge < -0.3 is 15.2 Å². The SMILES string of the molecule is COc1cc(C(=O)CCN)cc(C)c1OC. The van der Waals surface area contributed by atoms with Crippen molar-refractivity contribution in [2.24, 2.45) is 5.73 Å². The Morgan fingerprint density at radius 2 is 2.00 bits per heavy atom. The fourth-order valence-corrected chi connectivity index (χ4v) is 1.59. The molecule has 0 aliphatic carbocycles. The zero-order valence-electron chi connectivity index (χ0n) is 9.87. The third kappa shape index (κ3) is 2.52. The first-order chi connectivity index (χ1) is 7.63. The molecule has 88 valence electrons. The van der Waals surface area contributed by atoms with E-state index < -0.39 is 0 Å². The van der Waals surface area contributed by atoms with Crippen LogP contribution in [-0.4, -0.2) is 26.5 Å². The van der Waals surface area contributed by atoms with Crippen LogP contribution >= 0.6 is 0 Å². The molecule has 2 N–H and O–H groups in total. The summed E-state index contributed by atoms with van der Waals surface area (Å²) in [6.45, 7) is 2.23. The van der Waals surface area contributed by atoms with Crippen molar-refractivity contribution >= 4 is 5.78 Å². The molecule has 1 aromatic rings. The van der Waals surface area contributed by atoms with Crippen molar-refractivity contribution in [1.82, 2.24) is 0 Å². The lowest BCUT2D eigenvalue weighted by Gasteiger charge is -2.12. The number of Topliss-reactive ketones (excluding diaryl/α,β-unsaturated/α-hetero) is 1. The number of benzene rings is 1. The number of ketones is 1. The first-order valence-electron chi connectivity index (χ1n) is 5.10. The summed E-state index contributed by atoms with van der Waals surface area (Å²) in [4.78, 5) is 11.7. The Morgan fingerprint density at radius 3 is 2.50 bits per heavy atom. The minimum Gasteiger partial charge on any atom is -0.493 e. The van der Waals surface area contributed by atoms with Crippen molar-refractivity contribution in [3.8, 4) is 11.5 Å². The smallest absolute Gasteiger partial charge is 0.164 e. The molecule has 0 radical (unpaired) electrons. The van der Waals surface area contributed by atoms with E-state index in [9.17, 15) is 4.79 Å². The maximum Gasteiger partial charge on any atom is 0.164 e. The summed E-state index contributed by atoms with van der Waals surface area (Å²) in [6, 6.07) is 3.48. The number of hydrogen-bond donors (Lipinski definition) is 1. The molecule has 0 spiro atoms. The number of nitrogens with two attached hydrogens (primary N) is 1. The van der Waals surface area contributed by atoms with Crippen LogP contribution in [0.15, 0.2) is 12.1 Å². The van der Waals surface area contributed by atoms with E-state index in [4.69, 9.17) is 15.2 Å². The molecule has 0 heterocycles. The van der Waals surface area contributed by atoms with Gasteiger partial charge in [0.2, 0.25) is 0 Å². The van der Waals surface area contributed by atoms with Crippen molar-refractivity contribution in [3.05, 3.63) is 23.3 Å². The minimum atomic E-state index is 0.0200. The zero-order valence-corrected chi connectivity index (χ0v) is 9.87. The highest BCUT2D eigenvalue weighted by Gasteiger charge is 2.13. The Balaban J connectivity index is 3.15. The molecule has 1 rings (SSSR count). The van der Waals surface area contributed by atoms with Crippen molar-refractivity contribution in [1.29, 1.82) is 0 Å². The van der Waals surface area contributed by atoms with E-state index in [-0.39, 0.29) is 5.78 Å². The lowest BCUT2D eigenvalue weighted by Crippen LogP contribution is -2.09. The van der Waals surface area contributed by atoms with Crippen molar-refractivity contribution in [2.45, 2.75) is 13.3 Å². The van der Waals surface area contributed by atoms with Crippen LogP contribution < -0.4 is 15.2 Å². The molecule has 0 aromatic heterocycles. The van der Waals surface area contributed by atoms with Gasteiger partial charge >= 0.3 is 0 Å². The Kier molecular flexibility index (Phi) is 4.31. The molecule has 0 fully saturated rings. The van der Waals surface area contributed by atoms with Crippen molar-refractivity contribution < 1.29 is 14.3 Å². The average Bonchev–Trinajstić information content (AvgIpc) is 2.28. The number of hydrogen-bond acceptors (Lipinski definition) is 4. The Hall–Kier alpha value is -1.55. The van der Waals surface area contributed by atoms with Gasteiger partial charge in [-0.15, -0.1) is 0 Å². The molecular weight excluding hydrogens is 206 g/mol. The van der Waals surface area contributed by atoms with E-state index >= 15 is 0 Å². The summed E-state index contributed by atoms with van der Waals surface area (Å²) in [5.74, 6) is 1.25. The number of carbonyl (C=O) groups excluding carboxylic acids is 1. The minimum absolute atomic E-state index is 0.0200. The molecule has 4 heteroatoms. The molecule has 0 amide bonds. The highest BCUT2D eigenvalue weighted by molar-refractivity contribution is 5.97. The number of carbonyl (C=O) groups is 1. The molecule has 0 aliphatic heterocycles. The summed E-state index contributed by atoms with van der Waals surface area (Å²) in [7, 11) is 3.13. The van der Waals surface area contributed by atoms with Crippen LogP contribution in [0.25, 0.3) is 0 Å². The highest BCUT2D eigenvalue weighted by Crippen LogP contribution is 2.32. The summed E-state index contributed by atoms with van der Waals surface area (Å²) in [6.07, 6.45) is 0.342. The maximum atomic E-state index is 11.7. The molecule has 4 nitrogen and oxygen atoms in total. The van der Waals surface area contributed by atoms with E-state index in [1.807, 2.05) is 6.92 Å². The van der Waals surface area contributed by atoms with E-state index in [0.717, 1.165) is 5.56 Å². The van der Waals surface area contributed by atoms with Crippen LogP contribution in [0.5, 0.6) is 11.5 Å². The zero-order chi connectivity index (χ0) is 12.1. The van der Waals surface area contributed by atoms with Gasteiger partial charge in [0, 0.05) is 12.0 Å². The van der Waals surface area contributed by atoms with Gasteiger partial charge in [0.1, 0.15) is 0 Å². The van der Waals surface area contributed by atoms with Crippen molar-refractivity contribution in [3.63, 3.8) is 0 Å². The lowest BCUT2D eigenvalue weighted by molar-refractivity contribution is 0.0985. The lowest BCUT2D eigenvalue weighted by atomic mass is 10.0. The Morgan fingerprint density at radius 1 is 1.31 bits per heavy atom. The first kappa shape index (κ1) is 12.5. The van der Waals surface area contributed by atoms with Gasteiger partial charge in [-0.1, -0.05) is 0 Å². The fraction of sp³-hybridized carbons (Fsp3) is 0.417. The average molecular weight is 223 g/mol. The van der Waals surface area contributed by atoms with Crippen LogP contribution in [0, 0.1) is 6.92 Å². The van der Waals surface area contributed by atoms with Gasteiger partial charge in [0.25, 0.3) is 0 Å². The first-order valence-corrected chi connectivity index (χ1v) is 5.10. The van der Waals surface area contributed by atoms with Crippen LogP contribution in [0.2, 0.25) is 0 Å². The summed E-state index contributed by atoms with van der Waals surface area (Å²) in [5, 5.41) is 0. The van der Waals surface area contributed by atoms with Crippen LogP contribution in [-0.2, 0) is 0 Å². The number of aryl methyl sites for hydroxylation is 1. The van der Waals surface area contributed by atoms with E-state index in [0.29, 0.717) is 30.0 Å². The quantitative estimate of drug-likeness (QED) is 0.769. The maximum absolute atomic E-state index is 11.7. The van der Waals surface area contributed by atoms with Crippen molar-refractivity contribution in [2.75, 3.05) is 20.8 Å². The van der Waals surface area contributed by atoms with Gasteiger partial charge in [-0.25, -0.2) is 0 Å². The second-order valence-corrected chi connectivity index (χ2v) is 3.49. The fourth-order valence-electron chi connectivity index (χ4n) is 1.59. The summed E-state index contributed by atoms with van der Waals surface area (Å²) < 4.78 is 10.4. The van der Waals surface area contributed by atoms with Gasteiger partial charge in [0.15, 0.2) is 17.3 Å². The molecule has 0 saturated heterocycles. The predicted octanol–water partition coefficient (Wildman–Crippen LogP) is 1.54. The molecule has 0 bridgehead atoms. The van der Waals surface area contributed by atoms with Gasteiger partial charge in [-0.2, -0.15) is 0 Å². The second-order valence-electron chi connectivity index (χ2n) is 3.49. The monoisotopic (exact) mass is 223 g/mol. The normalized spacial score (nSPS) is 10.0. The van der Waals surface area contributed by atoms with Crippen LogP contribution in [0.1, 0.15) is 22.3 Å². The number of rotatable bonds is 5. The third-order valence-corrected chi connectivity index (χ3v) is 2.36. The Bertz CT molecular complexity index is 388.